The Bertz CT molecular complexity index is 186. The molecule has 0 heterocycles. The van der Waals surface area contributed by atoms with Crippen LogP contribution in [0.3, 0.4) is 0 Å². The lowest BCUT2D eigenvalue weighted by atomic mass is 9.94. The van der Waals surface area contributed by atoms with E-state index in [0.29, 0.717) is 0 Å². The predicted molar refractivity (Wildman–Crippen MR) is 56.6 cm³/mol. The lowest BCUT2D eigenvalue weighted by molar-refractivity contribution is 0.433. The molecule has 0 aliphatic heterocycles. The van der Waals surface area contributed by atoms with E-state index in [-0.39, 0.29) is 0 Å². The largest absolute Gasteiger partial charge is 0.316 e. The van der Waals surface area contributed by atoms with Crippen molar-refractivity contribution in [2.45, 2.75) is 32.6 Å². The van der Waals surface area contributed by atoms with Crippen molar-refractivity contribution < 1.29 is 0 Å². The SMILES string of the molecule is CC1CC1CNCC1CC=CCC1. The summed E-state index contributed by atoms with van der Waals surface area (Å²) in [6.07, 6.45) is 10.1. The molecule has 0 radical (unpaired) electrons. The zero-order valence-electron chi connectivity index (χ0n) is 8.63. The summed E-state index contributed by atoms with van der Waals surface area (Å²) in [6.45, 7) is 4.87. The van der Waals surface area contributed by atoms with E-state index in [1.54, 1.807) is 0 Å². The van der Waals surface area contributed by atoms with Crippen molar-refractivity contribution in [3.63, 3.8) is 0 Å². The van der Waals surface area contributed by atoms with Crippen LogP contribution in [-0.4, -0.2) is 13.1 Å². The summed E-state index contributed by atoms with van der Waals surface area (Å²) in [4.78, 5) is 0. The molecule has 0 aromatic carbocycles. The second kappa shape index (κ2) is 4.28. The highest BCUT2D eigenvalue weighted by Gasteiger charge is 2.31. The van der Waals surface area contributed by atoms with E-state index in [2.05, 4.69) is 24.4 Å². The van der Waals surface area contributed by atoms with Crippen LogP contribution < -0.4 is 5.32 Å². The van der Waals surface area contributed by atoms with E-state index in [1.807, 2.05) is 0 Å². The van der Waals surface area contributed by atoms with Gasteiger partial charge in [-0.1, -0.05) is 19.1 Å². The highest BCUT2D eigenvalue weighted by molar-refractivity contribution is 4.91. The predicted octanol–water partition coefficient (Wildman–Crippen LogP) is 2.59. The first kappa shape index (κ1) is 9.26. The lowest BCUT2D eigenvalue weighted by Crippen LogP contribution is -2.25. The zero-order chi connectivity index (χ0) is 9.10. The number of hydrogen-bond donors (Lipinski definition) is 1. The van der Waals surface area contributed by atoms with Gasteiger partial charge in [-0.15, -0.1) is 0 Å². The van der Waals surface area contributed by atoms with Crippen LogP contribution in [0.1, 0.15) is 32.6 Å². The van der Waals surface area contributed by atoms with Crippen LogP contribution in [0.25, 0.3) is 0 Å². The van der Waals surface area contributed by atoms with Crippen LogP contribution in [0.4, 0.5) is 0 Å². The minimum Gasteiger partial charge on any atom is -0.316 e. The first-order valence-corrected chi connectivity index (χ1v) is 5.72. The molecule has 2 rings (SSSR count). The fraction of sp³-hybridized carbons (Fsp3) is 0.833. The fourth-order valence-corrected chi connectivity index (χ4v) is 2.20. The molecule has 0 bridgehead atoms. The molecule has 0 saturated heterocycles. The second-order valence-corrected chi connectivity index (χ2v) is 4.78. The smallest absolute Gasteiger partial charge is 0.00173 e. The molecule has 2 aliphatic carbocycles. The second-order valence-electron chi connectivity index (χ2n) is 4.78. The zero-order valence-corrected chi connectivity index (χ0v) is 8.63. The van der Waals surface area contributed by atoms with Crippen molar-refractivity contribution in [1.29, 1.82) is 0 Å². The molecular weight excluding hydrogens is 158 g/mol. The summed E-state index contributed by atoms with van der Waals surface area (Å²) in [5, 5.41) is 3.61. The van der Waals surface area contributed by atoms with Gasteiger partial charge in [0.15, 0.2) is 0 Å². The van der Waals surface area contributed by atoms with Crippen molar-refractivity contribution in [2.24, 2.45) is 17.8 Å². The lowest BCUT2D eigenvalue weighted by Gasteiger charge is -2.17. The van der Waals surface area contributed by atoms with E-state index in [0.717, 1.165) is 17.8 Å². The Morgan fingerprint density at radius 2 is 2.15 bits per heavy atom. The summed E-state index contributed by atoms with van der Waals surface area (Å²) >= 11 is 0. The Hall–Kier alpha value is -0.300. The van der Waals surface area contributed by atoms with Crippen molar-refractivity contribution in [1.82, 2.24) is 5.32 Å². The number of nitrogens with one attached hydrogen (secondary N) is 1. The summed E-state index contributed by atoms with van der Waals surface area (Å²) < 4.78 is 0. The third kappa shape index (κ3) is 2.84. The summed E-state index contributed by atoms with van der Waals surface area (Å²) in [5.74, 6) is 2.91. The van der Waals surface area contributed by atoms with Gasteiger partial charge in [0.2, 0.25) is 0 Å². The summed E-state index contributed by atoms with van der Waals surface area (Å²) in [7, 11) is 0. The topological polar surface area (TPSA) is 12.0 Å². The molecular formula is C12H21N. The Kier molecular flexibility index (Phi) is 3.05. The van der Waals surface area contributed by atoms with Gasteiger partial charge >= 0.3 is 0 Å². The van der Waals surface area contributed by atoms with Crippen molar-refractivity contribution in [3.05, 3.63) is 12.2 Å². The quantitative estimate of drug-likeness (QED) is 0.654. The van der Waals surface area contributed by atoms with Gasteiger partial charge in [-0.25, -0.2) is 0 Å². The molecule has 1 saturated carbocycles. The summed E-state index contributed by atoms with van der Waals surface area (Å²) in [6, 6.07) is 0. The highest BCUT2D eigenvalue weighted by Crippen LogP contribution is 2.36. The number of hydrogen-bond acceptors (Lipinski definition) is 1. The molecule has 0 aromatic heterocycles. The molecule has 1 fully saturated rings. The normalized spacial score (nSPS) is 37.8. The van der Waals surface area contributed by atoms with Crippen LogP contribution >= 0.6 is 0 Å². The van der Waals surface area contributed by atoms with Crippen LogP contribution in [-0.2, 0) is 0 Å². The van der Waals surface area contributed by atoms with Gasteiger partial charge in [-0.05, 0) is 56.5 Å². The molecule has 0 spiro atoms. The Labute approximate surface area is 81.6 Å². The van der Waals surface area contributed by atoms with Crippen LogP contribution in [0.5, 0.6) is 0 Å². The van der Waals surface area contributed by atoms with Gasteiger partial charge in [-0.3, -0.25) is 0 Å². The van der Waals surface area contributed by atoms with E-state index in [9.17, 15) is 0 Å². The number of rotatable bonds is 4. The van der Waals surface area contributed by atoms with Crippen LogP contribution in [0.15, 0.2) is 12.2 Å². The molecule has 2 aliphatic rings. The van der Waals surface area contributed by atoms with Gasteiger partial charge in [-0.2, -0.15) is 0 Å². The van der Waals surface area contributed by atoms with Crippen LogP contribution in [0, 0.1) is 17.8 Å². The third-order valence-electron chi connectivity index (χ3n) is 3.49. The van der Waals surface area contributed by atoms with E-state index in [4.69, 9.17) is 0 Å². The first-order chi connectivity index (χ1) is 6.36. The highest BCUT2D eigenvalue weighted by atomic mass is 14.9. The van der Waals surface area contributed by atoms with Crippen molar-refractivity contribution in [2.75, 3.05) is 13.1 Å². The molecule has 1 nitrogen and oxygen atoms in total. The fourth-order valence-electron chi connectivity index (χ4n) is 2.20. The monoisotopic (exact) mass is 179 g/mol. The Morgan fingerprint density at radius 1 is 1.31 bits per heavy atom. The molecule has 74 valence electrons. The Morgan fingerprint density at radius 3 is 2.77 bits per heavy atom. The minimum atomic E-state index is 0.916. The maximum Gasteiger partial charge on any atom is -0.00173 e. The van der Waals surface area contributed by atoms with Gasteiger partial charge in [0, 0.05) is 0 Å². The Balaban J connectivity index is 1.54. The molecule has 0 aromatic rings. The van der Waals surface area contributed by atoms with E-state index >= 15 is 0 Å². The standard InChI is InChI=1S/C12H21N/c1-10-7-12(10)9-13-8-11-5-3-2-4-6-11/h2-3,10-13H,4-9H2,1H3. The van der Waals surface area contributed by atoms with Crippen molar-refractivity contribution >= 4 is 0 Å². The van der Waals surface area contributed by atoms with Crippen LogP contribution in [0.2, 0.25) is 0 Å². The molecule has 3 atom stereocenters. The van der Waals surface area contributed by atoms with Gasteiger partial charge < -0.3 is 5.32 Å². The molecule has 3 unspecified atom stereocenters. The molecule has 0 amide bonds. The van der Waals surface area contributed by atoms with E-state index in [1.165, 1.54) is 38.8 Å². The van der Waals surface area contributed by atoms with Crippen molar-refractivity contribution in [3.8, 4) is 0 Å². The van der Waals surface area contributed by atoms with E-state index < -0.39 is 0 Å². The molecule has 13 heavy (non-hydrogen) atoms. The number of allylic oxidation sites excluding steroid dienone is 2. The summed E-state index contributed by atoms with van der Waals surface area (Å²) in [5.41, 5.74) is 0. The maximum absolute atomic E-state index is 3.61. The average molecular weight is 179 g/mol. The third-order valence-corrected chi connectivity index (χ3v) is 3.49. The average Bonchev–Trinajstić information content (AvgIpc) is 2.84. The first-order valence-electron chi connectivity index (χ1n) is 5.72. The van der Waals surface area contributed by atoms with Gasteiger partial charge in [0.25, 0.3) is 0 Å². The minimum absolute atomic E-state index is 0.916. The maximum atomic E-state index is 3.61. The molecule has 1 heteroatoms. The van der Waals surface area contributed by atoms with Gasteiger partial charge in [0.1, 0.15) is 0 Å². The molecule has 1 N–H and O–H groups in total. The van der Waals surface area contributed by atoms with Gasteiger partial charge in [0.05, 0.1) is 0 Å².